The Bertz CT molecular complexity index is 1170. The lowest BCUT2D eigenvalue weighted by Crippen LogP contribution is -2.43. The molecule has 3 aromatic rings. The molecular formula is C21H15F7N4O. The standard InChI is InChI=1S/C21H15F7N4O/c1-10(20(23,24)25)32-19(33)15-7-12(21(26,27)28)3-5-13(15)11-2-4-14(16(22)6-11)17-8-31-18(29)9-30-17/h2-10H,1H3,(H2,29,31)(H,32,33). The first kappa shape index (κ1) is 24.0. The molecule has 1 unspecified atom stereocenters. The second-order valence-electron chi connectivity index (χ2n) is 7.02. The van der Waals surface area contributed by atoms with Gasteiger partial charge in [0.1, 0.15) is 17.7 Å². The minimum atomic E-state index is -4.86. The first-order chi connectivity index (χ1) is 15.3. The van der Waals surface area contributed by atoms with Gasteiger partial charge in [-0.15, -0.1) is 0 Å². The Balaban J connectivity index is 2.07. The molecule has 0 bridgehead atoms. The van der Waals surface area contributed by atoms with E-state index in [2.05, 4.69) is 9.97 Å². The highest BCUT2D eigenvalue weighted by Gasteiger charge is 2.38. The SMILES string of the molecule is CC(NC(=O)c1cc(C(F)(F)F)ccc1-c1ccc(-c2cnc(N)cn2)c(F)c1)C(F)(F)F. The summed E-state index contributed by atoms with van der Waals surface area (Å²) < 4.78 is 92.7. The van der Waals surface area contributed by atoms with Crippen molar-refractivity contribution in [1.29, 1.82) is 0 Å². The number of nitrogens with one attached hydrogen (secondary N) is 1. The molecule has 0 aliphatic rings. The fraction of sp³-hybridized carbons (Fsp3) is 0.190. The molecular weight excluding hydrogens is 457 g/mol. The molecule has 1 atom stereocenters. The van der Waals surface area contributed by atoms with Crippen LogP contribution in [-0.2, 0) is 6.18 Å². The molecule has 12 heteroatoms. The van der Waals surface area contributed by atoms with E-state index in [4.69, 9.17) is 5.73 Å². The first-order valence-corrected chi connectivity index (χ1v) is 9.24. The zero-order valence-electron chi connectivity index (χ0n) is 16.7. The van der Waals surface area contributed by atoms with Gasteiger partial charge < -0.3 is 11.1 Å². The normalized spacial score (nSPS) is 13.0. The summed E-state index contributed by atoms with van der Waals surface area (Å²) in [7, 11) is 0. The van der Waals surface area contributed by atoms with Gasteiger partial charge in [0.2, 0.25) is 0 Å². The van der Waals surface area contributed by atoms with Gasteiger partial charge in [-0.3, -0.25) is 9.78 Å². The molecule has 33 heavy (non-hydrogen) atoms. The van der Waals surface area contributed by atoms with Crippen LogP contribution in [-0.4, -0.2) is 28.1 Å². The number of carbonyl (C=O) groups excluding carboxylic acids is 1. The summed E-state index contributed by atoms with van der Waals surface area (Å²) in [6, 6.07) is 3.12. The highest BCUT2D eigenvalue weighted by molar-refractivity contribution is 6.01. The Kier molecular flexibility index (Phi) is 6.30. The molecule has 0 fully saturated rings. The van der Waals surface area contributed by atoms with E-state index >= 15 is 0 Å². The highest BCUT2D eigenvalue weighted by atomic mass is 19.4. The van der Waals surface area contributed by atoms with E-state index in [1.807, 2.05) is 0 Å². The van der Waals surface area contributed by atoms with Crippen molar-refractivity contribution in [3.63, 3.8) is 0 Å². The predicted molar refractivity (Wildman–Crippen MR) is 105 cm³/mol. The smallest absolute Gasteiger partial charge is 0.382 e. The number of carbonyl (C=O) groups is 1. The molecule has 0 aliphatic heterocycles. The van der Waals surface area contributed by atoms with Crippen molar-refractivity contribution in [3.05, 3.63) is 65.7 Å². The minimum absolute atomic E-state index is 0.00476. The van der Waals surface area contributed by atoms with Crippen LogP contribution < -0.4 is 11.1 Å². The third kappa shape index (κ3) is 5.38. The topological polar surface area (TPSA) is 80.9 Å². The number of amides is 1. The number of rotatable bonds is 4. The number of nitrogens with two attached hydrogens (primary N) is 1. The van der Waals surface area contributed by atoms with Gasteiger partial charge in [0.15, 0.2) is 0 Å². The number of halogens is 7. The number of aromatic nitrogens is 2. The molecule has 0 radical (unpaired) electrons. The average molecular weight is 472 g/mol. The molecule has 0 spiro atoms. The number of benzene rings is 2. The molecule has 0 saturated carbocycles. The lowest BCUT2D eigenvalue weighted by molar-refractivity contribution is -0.149. The van der Waals surface area contributed by atoms with E-state index in [0.717, 1.165) is 12.1 Å². The summed E-state index contributed by atoms with van der Waals surface area (Å²) in [5.74, 6) is -2.14. The van der Waals surface area contributed by atoms with Crippen LogP contribution in [0.15, 0.2) is 48.8 Å². The average Bonchev–Trinajstić information content (AvgIpc) is 2.72. The van der Waals surface area contributed by atoms with E-state index in [-0.39, 0.29) is 28.2 Å². The van der Waals surface area contributed by atoms with Crippen molar-refractivity contribution in [2.45, 2.75) is 25.3 Å². The van der Waals surface area contributed by atoms with Crippen molar-refractivity contribution in [2.24, 2.45) is 0 Å². The fourth-order valence-electron chi connectivity index (χ4n) is 2.88. The lowest BCUT2D eigenvalue weighted by Gasteiger charge is -2.19. The largest absolute Gasteiger partial charge is 0.416 e. The van der Waals surface area contributed by atoms with E-state index in [0.29, 0.717) is 19.1 Å². The van der Waals surface area contributed by atoms with Gasteiger partial charge in [0, 0.05) is 11.1 Å². The van der Waals surface area contributed by atoms with Crippen molar-refractivity contribution in [1.82, 2.24) is 15.3 Å². The summed E-state index contributed by atoms with van der Waals surface area (Å²) in [5, 5.41) is 1.63. The molecule has 1 amide bonds. The van der Waals surface area contributed by atoms with Gasteiger partial charge in [0.25, 0.3) is 5.91 Å². The van der Waals surface area contributed by atoms with Crippen LogP contribution in [0.2, 0.25) is 0 Å². The summed E-state index contributed by atoms with van der Waals surface area (Å²) in [4.78, 5) is 20.2. The third-order valence-corrected chi connectivity index (χ3v) is 4.66. The maximum absolute atomic E-state index is 14.8. The van der Waals surface area contributed by atoms with Crippen LogP contribution in [0.25, 0.3) is 22.4 Å². The van der Waals surface area contributed by atoms with E-state index < -0.39 is 41.2 Å². The molecule has 1 aromatic heterocycles. The molecule has 5 nitrogen and oxygen atoms in total. The van der Waals surface area contributed by atoms with Crippen LogP contribution in [0.5, 0.6) is 0 Å². The number of hydrogen-bond donors (Lipinski definition) is 2. The predicted octanol–water partition coefficient (Wildman–Crippen LogP) is 5.23. The van der Waals surface area contributed by atoms with Gasteiger partial charge in [-0.05, 0) is 42.3 Å². The molecule has 1 heterocycles. The lowest BCUT2D eigenvalue weighted by atomic mass is 9.95. The quantitative estimate of drug-likeness (QED) is 0.510. The van der Waals surface area contributed by atoms with Gasteiger partial charge in [0.05, 0.1) is 23.7 Å². The monoisotopic (exact) mass is 472 g/mol. The van der Waals surface area contributed by atoms with Crippen LogP contribution in [0.4, 0.5) is 36.6 Å². The number of nitrogen functional groups attached to an aromatic ring is 1. The van der Waals surface area contributed by atoms with E-state index in [1.165, 1.54) is 24.5 Å². The maximum Gasteiger partial charge on any atom is 0.416 e. The summed E-state index contributed by atoms with van der Waals surface area (Å²) in [5.41, 5.74) is 3.39. The number of hydrogen-bond acceptors (Lipinski definition) is 4. The zero-order chi connectivity index (χ0) is 24.6. The highest BCUT2D eigenvalue weighted by Crippen LogP contribution is 2.35. The molecule has 3 rings (SSSR count). The fourth-order valence-corrected chi connectivity index (χ4v) is 2.88. The van der Waals surface area contributed by atoms with Gasteiger partial charge in [-0.1, -0.05) is 12.1 Å². The Hall–Kier alpha value is -3.70. The zero-order valence-corrected chi connectivity index (χ0v) is 16.7. The second-order valence-corrected chi connectivity index (χ2v) is 7.02. The van der Waals surface area contributed by atoms with Crippen LogP contribution >= 0.6 is 0 Å². The van der Waals surface area contributed by atoms with Gasteiger partial charge in [-0.2, -0.15) is 26.3 Å². The summed E-state index contributed by atoms with van der Waals surface area (Å²) in [6.07, 6.45) is -7.26. The third-order valence-electron chi connectivity index (χ3n) is 4.66. The Morgan fingerprint density at radius 3 is 2.18 bits per heavy atom. The Morgan fingerprint density at radius 2 is 1.64 bits per heavy atom. The van der Waals surface area contributed by atoms with Crippen molar-refractivity contribution in [3.8, 4) is 22.4 Å². The van der Waals surface area contributed by atoms with Crippen LogP contribution in [0, 0.1) is 5.82 Å². The van der Waals surface area contributed by atoms with Crippen molar-refractivity contribution < 1.29 is 35.5 Å². The van der Waals surface area contributed by atoms with Gasteiger partial charge >= 0.3 is 12.4 Å². The molecule has 3 N–H and O–H groups in total. The summed E-state index contributed by atoms with van der Waals surface area (Å²) in [6.45, 7) is 0.646. The van der Waals surface area contributed by atoms with E-state index in [1.54, 1.807) is 5.32 Å². The molecule has 174 valence electrons. The van der Waals surface area contributed by atoms with Crippen LogP contribution in [0.1, 0.15) is 22.8 Å². The number of nitrogens with zero attached hydrogens (tertiary/aromatic N) is 2. The molecule has 0 saturated heterocycles. The van der Waals surface area contributed by atoms with Crippen LogP contribution in [0.3, 0.4) is 0 Å². The second kappa shape index (κ2) is 8.68. The van der Waals surface area contributed by atoms with Crippen molar-refractivity contribution >= 4 is 11.7 Å². The van der Waals surface area contributed by atoms with E-state index in [9.17, 15) is 35.5 Å². The minimum Gasteiger partial charge on any atom is -0.382 e. The maximum atomic E-state index is 14.8. The molecule has 2 aromatic carbocycles. The number of alkyl halides is 6. The first-order valence-electron chi connectivity index (χ1n) is 9.24. The van der Waals surface area contributed by atoms with Gasteiger partial charge in [-0.25, -0.2) is 9.37 Å². The Morgan fingerprint density at radius 1 is 0.970 bits per heavy atom. The number of anilines is 1. The Labute approximate surface area is 182 Å². The summed E-state index contributed by atoms with van der Waals surface area (Å²) >= 11 is 0. The molecule has 0 aliphatic carbocycles. The van der Waals surface area contributed by atoms with Crippen molar-refractivity contribution in [2.75, 3.05) is 5.73 Å².